The minimum absolute atomic E-state index is 0.144. The van der Waals surface area contributed by atoms with Gasteiger partial charge < -0.3 is 0 Å². The van der Waals surface area contributed by atoms with E-state index in [1.165, 1.54) is 6.92 Å². The first-order valence-electron chi connectivity index (χ1n) is 4.29. The summed E-state index contributed by atoms with van der Waals surface area (Å²) in [5.74, 6) is 0. The number of nitrogens with two attached hydrogens (primary N) is 1. The van der Waals surface area contributed by atoms with Crippen LogP contribution in [0.25, 0.3) is 0 Å². The van der Waals surface area contributed by atoms with Gasteiger partial charge >= 0.3 is 0 Å². The van der Waals surface area contributed by atoms with Crippen molar-refractivity contribution >= 4 is 20.1 Å². The molecule has 0 heterocycles. The number of hydrogen-bond acceptors (Lipinski definition) is 4. The molecule has 0 aromatic heterocycles. The number of primary sulfonamides is 1. The summed E-state index contributed by atoms with van der Waals surface area (Å²) in [5, 5.41) is 15.6. The van der Waals surface area contributed by atoms with Crippen LogP contribution in [0.4, 0.5) is 0 Å². The number of sulfonamides is 1. The number of rotatable bonds is 3. The van der Waals surface area contributed by atoms with Gasteiger partial charge in [-0.05, 0) is 18.6 Å². The second kappa shape index (κ2) is 4.35. The van der Waals surface area contributed by atoms with Crippen LogP contribution < -0.4 is 5.14 Å². The van der Waals surface area contributed by atoms with Crippen molar-refractivity contribution in [2.75, 3.05) is 0 Å². The molecule has 0 aliphatic carbocycles. The van der Waals surface area contributed by atoms with Crippen LogP contribution in [-0.2, 0) is 31.9 Å². The summed E-state index contributed by atoms with van der Waals surface area (Å²) in [7, 11) is -8.78. The second-order valence-electron chi connectivity index (χ2n) is 3.39. The molecule has 0 spiro atoms. The van der Waals surface area contributed by atoms with Crippen LogP contribution in [0, 0.1) is 6.92 Å². The molecule has 95 valence electrons. The molecule has 0 saturated heterocycles. The van der Waals surface area contributed by atoms with Gasteiger partial charge in [0.2, 0.25) is 10.0 Å². The van der Waals surface area contributed by atoms with Crippen molar-refractivity contribution in [3.8, 4) is 0 Å². The molecule has 0 fully saturated rings. The van der Waals surface area contributed by atoms with Gasteiger partial charge in [-0.3, -0.25) is 4.55 Å². The Morgan fingerprint density at radius 3 is 2.06 bits per heavy atom. The van der Waals surface area contributed by atoms with Crippen molar-refractivity contribution in [2.24, 2.45) is 5.14 Å². The lowest BCUT2D eigenvalue weighted by Crippen LogP contribution is -2.15. The Bertz CT molecular complexity index is 647. The normalized spacial score (nSPS) is 12.7. The van der Waals surface area contributed by atoms with Crippen LogP contribution in [0.3, 0.4) is 0 Å². The van der Waals surface area contributed by atoms with E-state index in [1.54, 1.807) is 0 Å². The third-order valence-corrected chi connectivity index (χ3v) is 4.09. The van der Waals surface area contributed by atoms with E-state index >= 15 is 0 Å². The van der Waals surface area contributed by atoms with Crippen LogP contribution in [0.15, 0.2) is 21.9 Å². The molecule has 1 radical (unpaired) electrons. The topological polar surface area (TPSA) is 134 Å². The molecule has 0 unspecified atom stereocenters. The van der Waals surface area contributed by atoms with Crippen LogP contribution in [0.1, 0.15) is 11.1 Å². The largest absolute Gasteiger partial charge is 0.294 e. The van der Waals surface area contributed by atoms with Crippen LogP contribution in [0.5, 0.6) is 0 Å². The van der Waals surface area contributed by atoms with E-state index < -0.39 is 36.5 Å². The summed E-state index contributed by atoms with van der Waals surface area (Å²) in [4.78, 5) is -1.18. The molecule has 0 aliphatic rings. The molecule has 3 N–H and O–H groups in total. The van der Waals surface area contributed by atoms with Gasteiger partial charge in [0.25, 0.3) is 10.1 Å². The second-order valence-corrected chi connectivity index (χ2v) is 6.31. The van der Waals surface area contributed by atoms with Gasteiger partial charge in [-0.2, -0.15) is 8.42 Å². The van der Waals surface area contributed by atoms with Crippen molar-refractivity contribution in [1.82, 2.24) is 0 Å². The lowest BCUT2D eigenvalue weighted by molar-refractivity contribution is 0.175. The van der Waals surface area contributed by atoms with Crippen molar-refractivity contribution in [1.29, 1.82) is 0 Å². The fraction of sp³-hybridized carbons (Fsp3) is 0.250. The van der Waals surface area contributed by atoms with Gasteiger partial charge in [-0.25, -0.2) is 18.7 Å². The highest BCUT2D eigenvalue weighted by Gasteiger charge is 2.21. The monoisotopic (exact) mass is 280 g/mol. The van der Waals surface area contributed by atoms with E-state index in [2.05, 4.69) is 0 Å². The fourth-order valence-corrected chi connectivity index (χ4v) is 2.97. The molecule has 0 atom stereocenters. The molecule has 0 aliphatic heterocycles. The molecule has 7 nitrogen and oxygen atoms in total. The zero-order valence-corrected chi connectivity index (χ0v) is 10.4. The standard InChI is InChI=1S/C8H10NO6S2/c1-5-2-6(4-10)8(17(13,14)15)3-7(5)16(9,11)12/h2-3H,4H2,1H3,(H2,9,11,12)(H,13,14,15). The van der Waals surface area contributed by atoms with Crippen LogP contribution in [0.2, 0.25) is 0 Å². The lowest BCUT2D eigenvalue weighted by Gasteiger charge is -2.09. The minimum atomic E-state index is -4.67. The van der Waals surface area contributed by atoms with E-state index in [1.807, 2.05) is 0 Å². The summed E-state index contributed by atoms with van der Waals surface area (Å²) in [6, 6.07) is 1.77. The average Bonchev–Trinajstić information content (AvgIpc) is 2.13. The van der Waals surface area contributed by atoms with Crippen LogP contribution >= 0.6 is 0 Å². The van der Waals surface area contributed by atoms with Crippen LogP contribution in [-0.4, -0.2) is 21.4 Å². The summed E-state index contributed by atoms with van der Waals surface area (Å²) >= 11 is 0. The maximum absolute atomic E-state index is 11.2. The fourth-order valence-electron chi connectivity index (χ4n) is 1.39. The van der Waals surface area contributed by atoms with Gasteiger partial charge in [-0.15, -0.1) is 0 Å². The summed E-state index contributed by atoms with van der Waals surface area (Å²) in [6.07, 6.45) is 0. The van der Waals surface area contributed by atoms with Gasteiger partial charge in [0, 0.05) is 5.56 Å². The predicted molar refractivity (Wildman–Crippen MR) is 56.8 cm³/mol. The SMILES string of the molecule is Cc1cc(C[O])c(S(=O)(=O)O)cc1S(N)(=O)=O. The molecule has 0 amide bonds. The van der Waals surface area contributed by atoms with Gasteiger partial charge in [0.05, 0.1) is 4.90 Å². The maximum Gasteiger partial charge on any atom is 0.294 e. The first-order valence-corrected chi connectivity index (χ1v) is 7.28. The Hall–Kier alpha value is -1.00. The van der Waals surface area contributed by atoms with E-state index in [9.17, 15) is 21.9 Å². The van der Waals surface area contributed by atoms with E-state index in [0.29, 0.717) is 6.07 Å². The molecule has 1 aromatic carbocycles. The first kappa shape index (κ1) is 14.1. The van der Waals surface area contributed by atoms with Crippen molar-refractivity contribution in [2.45, 2.75) is 23.3 Å². The first-order chi connectivity index (χ1) is 7.57. The Morgan fingerprint density at radius 2 is 1.71 bits per heavy atom. The Kier molecular flexibility index (Phi) is 3.60. The van der Waals surface area contributed by atoms with Crippen molar-refractivity contribution in [3.05, 3.63) is 23.3 Å². The average molecular weight is 280 g/mol. The quantitative estimate of drug-likeness (QED) is 0.740. The smallest absolute Gasteiger partial charge is 0.282 e. The Morgan fingerprint density at radius 1 is 1.18 bits per heavy atom. The highest BCUT2D eigenvalue weighted by Crippen LogP contribution is 2.23. The van der Waals surface area contributed by atoms with E-state index in [4.69, 9.17) is 9.69 Å². The van der Waals surface area contributed by atoms with Crippen molar-refractivity contribution in [3.63, 3.8) is 0 Å². The molecule has 1 rings (SSSR count). The predicted octanol–water partition coefficient (Wildman–Crippen LogP) is -0.180. The minimum Gasteiger partial charge on any atom is -0.282 e. The molecule has 9 heteroatoms. The number of hydrogen-bond donors (Lipinski definition) is 2. The lowest BCUT2D eigenvalue weighted by atomic mass is 10.1. The molecule has 1 aromatic rings. The molecule has 17 heavy (non-hydrogen) atoms. The summed E-state index contributed by atoms with van der Waals surface area (Å²) in [5.41, 5.74) is -0.0665. The molecule has 0 saturated carbocycles. The third kappa shape index (κ3) is 3.01. The van der Waals surface area contributed by atoms with E-state index in [0.717, 1.165) is 6.07 Å². The highest BCUT2D eigenvalue weighted by atomic mass is 32.2. The van der Waals surface area contributed by atoms with Gasteiger partial charge in [0.1, 0.15) is 11.5 Å². The zero-order chi connectivity index (χ0) is 13.4. The van der Waals surface area contributed by atoms with Crippen molar-refractivity contribution < 1.29 is 26.5 Å². The molecular weight excluding hydrogens is 270 g/mol. The Balaban J connectivity index is 3.73. The number of aryl methyl sites for hydroxylation is 1. The maximum atomic E-state index is 11.2. The van der Waals surface area contributed by atoms with Gasteiger partial charge in [0.15, 0.2) is 0 Å². The van der Waals surface area contributed by atoms with Gasteiger partial charge in [-0.1, -0.05) is 6.07 Å². The third-order valence-electron chi connectivity index (χ3n) is 2.10. The number of benzene rings is 1. The highest BCUT2D eigenvalue weighted by molar-refractivity contribution is 7.89. The summed E-state index contributed by atoms with van der Waals surface area (Å²) < 4.78 is 53.2. The molecular formula is C8H10NO6S2. The van der Waals surface area contributed by atoms with E-state index in [-0.39, 0.29) is 11.1 Å². The summed E-state index contributed by atoms with van der Waals surface area (Å²) in [6.45, 7) is 0.466. The Labute approximate surface area is 98.7 Å². The zero-order valence-electron chi connectivity index (χ0n) is 8.74. The molecule has 0 bridgehead atoms.